The second-order valence-electron chi connectivity index (χ2n) is 5.60. The molecule has 0 aliphatic heterocycles. The van der Waals surface area contributed by atoms with Gasteiger partial charge in [-0.05, 0) is 49.3 Å². The van der Waals surface area contributed by atoms with Crippen LogP contribution in [0.25, 0.3) is 0 Å². The summed E-state index contributed by atoms with van der Waals surface area (Å²) >= 11 is 0. The summed E-state index contributed by atoms with van der Waals surface area (Å²) in [5.41, 5.74) is 9.64. The van der Waals surface area contributed by atoms with Crippen molar-refractivity contribution in [2.75, 3.05) is 6.54 Å². The number of carbonyl (C=O) groups excluding carboxylic acids is 1. The molecule has 2 rings (SSSR count). The molecule has 2 atom stereocenters. The third-order valence-corrected chi connectivity index (χ3v) is 4.03. The SMILES string of the molecule is CC(CN)C(=O)NC(C)c1ccc2c(c1)CCCC2. The normalized spacial score (nSPS) is 17.4. The van der Waals surface area contributed by atoms with Crippen LogP contribution < -0.4 is 11.1 Å². The molecule has 1 aromatic rings. The number of nitrogens with two attached hydrogens (primary N) is 1. The average molecular weight is 260 g/mol. The fourth-order valence-electron chi connectivity index (χ4n) is 2.57. The lowest BCUT2D eigenvalue weighted by Gasteiger charge is -2.21. The van der Waals surface area contributed by atoms with Crippen LogP contribution in [0, 0.1) is 5.92 Å². The van der Waals surface area contributed by atoms with Crippen LogP contribution in [0.5, 0.6) is 0 Å². The predicted octanol–water partition coefficient (Wildman–Crippen LogP) is 2.34. The smallest absolute Gasteiger partial charge is 0.224 e. The molecule has 104 valence electrons. The Bertz CT molecular complexity index is 456. The highest BCUT2D eigenvalue weighted by molar-refractivity contribution is 5.78. The number of benzene rings is 1. The van der Waals surface area contributed by atoms with Crippen LogP contribution in [0.1, 0.15) is 49.4 Å². The summed E-state index contributed by atoms with van der Waals surface area (Å²) in [5, 5.41) is 3.03. The van der Waals surface area contributed by atoms with Gasteiger partial charge in [0, 0.05) is 12.5 Å². The lowest BCUT2D eigenvalue weighted by Crippen LogP contribution is -2.34. The van der Waals surface area contributed by atoms with E-state index in [1.165, 1.54) is 42.4 Å². The highest BCUT2D eigenvalue weighted by atomic mass is 16.1. The largest absolute Gasteiger partial charge is 0.349 e. The Balaban J connectivity index is 2.07. The monoisotopic (exact) mass is 260 g/mol. The number of carbonyl (C=O) groups is 1. The zero-order valence-corrected chi connectivity index (χ0v) is 11.9. The number of amides is 1. The molecule has 3 heteroatoms. The Morgan fingerprint density at radius 1 is 1.26 bits per heavy atom. The van der Waals surface area contributed by atoms with E-state index in [1.807, 2.05) is 13.8 Å². The number of aryl methyl sites for hydroxylation is 2. The number of hydrogen-bond donors (Lipinski definition) is 2. The van der Waals surface area contributed by atoms with Crippen molar-refractivity contribution in [3.05, 3.63) is 34.9 Å². The van der Waals surface area contributed by atoms with Gasteiger partial charge < -0.3 is 11.1 Å². The lowest BCUT2D eigenvalue weighted by molar-refractivity contribution is -0.124. The van der Waals surface area contributed by atoms with Gasteiger partial charge in [0.1, 0.15) is 0 Å². The van der Waals surface area contributed by atoms with Crippen LogP contribution in [0.2, 0.25) is 0 Å². The van der Waals surface area contributed by atoms with Gasteiger partial charge in [0.2, 0.25) is 5.91 Å². The third kappa shape index (κ3) is 3.35. The molecule has 3 N–H and O–H groups in total. The van der Waals surface area contributed by atoms with Gasteiger partial charge in [0.05, 0.1) is 6.04 Å². The average Bonchev–Trinajstić information content (AvgIpc) is 2.45. The Kier molecular flexibility index (Phi) is 4.59. The second kappa shape index (κ2) is 6.20. The van der Waals surface area contributed by atoms with Gasteiger partial charge in [-0.3, -0.25) is 4.79 Å². The molecule has 1 amide bonds. The first-order valence-electron chi connectivity index (χ1n) is 7.24. The minimum Gasteiger partial charge on any atom is -0.349 e. The van der Waals surface area contributed by atoms with Crippen molar-refractivity contribution >= 4 is 5.91 Å². The molecule has 1 aromatic carbocycles. The standard InChI is InChI=1S/C16H24N2O/c1-11(10-17)16(19)18-12(2)14-8-7-13-5-3-4-6-15(13)9-14/h7-9,11-12H,3-6,10,17H2,1-2H3,(H,18,19). The lowest BCUT2D eigenvalue weighted by atomic mass is 9.89. The molecule has 1 aliphatic carbocycles. The maximum atomic E-state index is 11.9. The molecule has 0 aromatic heterocycles. The molecule has 0 radical (unpaired) electrons. The number of hydrogen-bond acceptors (Lipinski definition) is 2. The zero-order valence-electron chi connectivity index (χ0n) is 11.9. The summed E-state index contributed by atoms with van der Waals surface area (Å²) in [6, 6.07) is 6.67. The van der Waals surface area contributed by atoms with Gasteiger partial charge in [-0.15, -0.1) is 0 Å². The van der Waals surface area contributed by atoms with E-state index in [1.54, 1.807) is 0 Å². The van der Waals surface area contributed by atoms with Crippen LogP contribution in [0.15, 0.2) is 18.2 Å². The predicted molar refractivity (Wildman–Crippen MR) is 77.9 cm³/mol. The molecular weight excluding hydrogens is 236 g/mol. The van der Waals surface area contributed by atoms with Crippen molar-refractivity contribution in [2.45, 2.75) is 45.6 Å². The Morgan fingerprint density at radius 2 is 1.95 bits per heavy atom. The molecule has 0 bridgehead atoms. The molecular formula is C16H24N2O. The van der Waals surface area contributed by atoms with E-state index in [-0.39, 0.29) is 17.9 Å². The second-order valence-corrected chi connectivity index (χ2v) is 5.60. The number of rotatable bonds is 4. The van der Waals surface area contributed by atoms with E-state index in [0.717, 1.165) is 0 Å². The van der Waals surface area contributed by atoms with Crippen molar-refractivity contribution in [1.82, 2.24) is 5.32 Å². The molecule has 1 aliphatic rings. The maximum Gasteiger partial charge on any atom is 0.224 e. The van der Waals surface area contributed by atoms with E-state index in [9.17, 15) is 4.79 Å². The topological polar surface area (TPSA) is 55.1 Å². The Labute approximate surface area is 115 Å². The van der Waals surface area contributed by atoms with Crippen molar-refractivity contribution < 1.29 is 4.79 Å². The number of fused-ring (bicyclic) bond motifs is 1. The van der Waals surface area contributed by atoms with Crippen molar-refractivity contribution in [1.29, 1.82) is 0 Å². The molecule has 0 spiro atoms. The first-order chi connectivity index (χ1) is 9.11. The zero-order chi connectivity index (χ0) is 13.8. The molecule has 2 unspecified atom stereocenters. The van der Waals surface area contributed by atoms with Crippen molar-refractivity contribution in [3.8, 4) is 0 Å². The summed E-state index contributed by atoms with van der Waals surface area (Å²) < 4.78 is 0. The third-order valence-electron chi connectivity index (χ3n) is 4.03. The minimum atomic E-state index is -0.125. The molecule has 0 fully saturated rings. The molecule has 19 heavy (non-hydrogen) atoms. The first kappa shape index (κ1) is 14.1. The van der Waals surface area contributed by atoms with E-state index < -0.39 is 0 Å². The molecule has 0 saturated carbocycles. The summed E-state index contributed by atoms with van der Waals surface area (Å²) in [5.74, 6) is -0.0900. The van der Waals surface area contributed by atoms with Crippen LogP contribution in [0.3, 0.4) is 0 Å². The van der Waals surface area contributed by atoms with Gasteiger partial charge in [-0.2, -0.15) is 0 Å². The van der Waals surface area contributed by atoms with Crippen molar-refractivity contribution in [3.63, 3.8) is 0 Å². The quantitative estimate of drug-likeness (QED) is 0.873. The van der Waals surface area contributed by atoms with Gasteiger partial charge in [-0.25, -0.2) is 0 Å². The summed E-state index contributed by atoms with van der Waals surface area (Å²) in [6.45, 7) is 4.28. The van der Waals surface area contributed by atoms with E-state index in [2.05, 4.69) is 23.5 Å². The van der Waals surface area contributed by atoms with Crippen LogP contribution >= 0.6 is 0 Å². The molecule has 0 saturated heterocycles. The fourth-order valence-corrected chi connectivity index (χ4v) is 2.57. The highest BCUT2D eigenvalue weighted by Crippen LogP contribution is 2.24. The summed E-state index contributed by atoms with van der Waals surface area (Å²) in [6.07, 6.45) is 4.94. The Morgan fingerprint density at radius 3 is 2.63 bits per heavy atom. The molecule has 3 nitrogen and oxygen atoms in total. The van der Waals surface area contributed by atoms with E-state index in [4.69, 9.17) is 5.73 Å². The van der Waals surface area contributed by atoms with Crippen LogP contribution in [0.4, 0.5) is 0 Å². The summed E-state index contributed by atoms with van der Waals surface area (Å²) in [7, 11) is 0. The fraction of sp³-hybridized carbons (Fsp3) is 0.562. The Hall–Kier alpha value is -1.35. The minimum absolute atomic E-state index is 0.0349. The van der Waals surface area contributed by atoms with Gasteiger partial charge in [0.15, 0.2) is 0 Å². The molecule has 0 heterocycles. The van der Waals surface area contributed by atoms with Gasteiger partial charge in [-0.1, -0.05) is 25.1 Å². The van der Waals surface area contributed by atoms with Gasteiger partial charge >= 0.3 is 0 Å². The van der Waals surface area contributed by atoms with Crippen molar-refractivity contribution in [2.24, 2.45) is 11.7 Å². The maximum absolute atomic E-state index is 11.9. The number of nitrogens with one attached hydrogen (secondary N) is 1. The van der Waals surface area contributed by atoms with E-state index in [0.29, 0.717) is 6.54 Å². The summed E-state index contributed by atoms with van der Waals surface area (Å²) in [4.78, 5) is 11.9. The highest BCUT2D eigenvalue weighted by Gasteiger charge is 2.16. The first-order valence-corrected chi connectivity index (χ1v) is 7.24. The van der Waals surface area contributed by atoms with Crippen LogP contribution in [-0.2, 0) is 17.6 Å². The van der Waals surface area contributed by atoms with Gasteiger partial charge in [0.25, 0.3) is 0 Å². The van der Waals surface area contributed by atoms with Crippen LogP contribution in [-0.4, -0.2) is 12.5 Å². The van der Waals surface area contributed by atoms with E-state index >= 15 is 0 Å².